The molecule has 0 saturated carbocycles. The summed E-state index contributed by atoms with van der Waals surface area (Å²) in [5.41, 5.74) is 1.17. The maximum atomic E-state index is 6.35. The maximum absolute atomic E-state index is 6.35. The Kier molecular flexibility index (Phi) is 6.36. The lowest BCUT2D eigenvalue weighted by Crippen LogP contribution is -2.57. The van der Waals surface area contributed by atoms with E-state index in [2.05, 4.69) is 37.1 Å². The van der Waals surface area contributed by atoms with E-state index in [1.54, 1.807) is 0 Å². The molecule has 0 aliphatic carbocycles. The van der Waals surface area contributed by atoms with Gasteiger partial charge in [-0.3, -0.25) is 4.90 Å². The van der Waals surface area contributed by atoms with Crippen molar-refractivity contribution in [2.75, 3.05) is 13.1 Å². The zero-order valence-corrected chi connectivity index (χ0v) is 14.7. The molecule has 21 heavy (non-hydrogen) atoms. The zero-order valence-electron chi connectivity index (χ0n) is 13.2. The minimum Gasteiger partial charge on any atom is -0.311 e. The van der Waals surface area contributed by atoms with Crippen LogP contribution in [0.15, 0.2) is 18.2 Å². The molecule has 1 aliphatic heterocycles. The largest absolute Gasteiger partial charge is 0.311 e. The van der Waals surface area contributed by atoms with Crippen LogP contribution in [0, 0.1) is 5.92 Å². The Bertz CT molecular complexity index is 464. The van der Waals surface area contributed by atoms with Gasteiger partial charge in [0.25, 0.3) is 0 Å². The molecule has 0 bridgehead atoms. The van der Waals surface area contributed by atoms with Crippen LogP contribution in [0.5, 0.6) is 0 Å². The van der Waals surface area contributed by atoms with Crippen LogP contribution in [-0.2, 0) is 6.54 Å². The third-order valence-corrected chi connectivity index (χ3v) is 5.31. The summed E-state index contributed by atoms with van der Waals surface area (Å²) in [7, 11) is 0. The molecule has 1 fully saturated rings. The first-order valence-corrected chi connectivity index (χ1v) is 8.72. The number of hydrogen-bond acceptors (Lipinski definition) is 2. The summed E-state index contributed by atoms with van der Waals surface area (Å²) in [6.07, 6.45) is 2.37. The smallest absolute Gasteiger partial charge is 0.0465 e. The second kappa shape index (κ2) is 7.82. The average molecular weight is 329 g/mol. The molecule has 1 aromatic carbocycles. The van der Waals surface area contributed by atoms with Crippen LogP contribution < -0.4 is 5.32 Å². The Balaban J connectivity index is 2.15. The third-order valence-electron chi connectivity index (χ3n) is 4.72. The summed E-state index contributed by atoms with van der Waals surface area (Å²) < 4.78 is 0. The molecule has 1 heterocycles. The number of hydrogen-bond donors (Lipinski definition) is 1. The van der Waals surface area contributed by atoms with Crippen molar-refractivity contribution in [1.82, 2.24) is 10.2 Å². The molecule has 1 aliphatic rings. The van der Waals surface area contributed by atoms with Crippen molar-refractivity contribution in [2.45, 2.75) is 52.2 Å². The molecule has 1 N–H and O–H groups in total. The Morgan fingerprint density at radius 2 is 2.10 bits per heavy atom. The number of rotatable bonds is 5. The van der Waals surface area contributed by atoms with E-state index in [-0.39, 0.29) is 0 Å². The zero-order chi connectivity index (χ0) is 15.4. The molecular weight excluding hydrogens is 303 g/mol. The van der Waals surface area contributed by atoms with Gasteiger partial charge in [0.15, 0.2) is 0 Å². The molecule has 2 rings (SSSR count). The Morgan fingerprint density at radius 3 is 2.71 bits per heavy atom. The lowest BCUT2D eigenvalue weighted by atomic mass is 9.93. The second-order valence-corrected chi connectivity index (χ2v) is 6.98. The van der Waals surface area contributed by atoms with Crippen LogP contribution in [0.1, 0.15) is 39.2 Å². The van der Waals surface area contributed by atoms with Crippen LogP contribution in [0.3, 0.4) is 0 Å². The summed E-state index contributed by atoms with van der Waals surface area (Å²) in [6.45, 7) is 9.92. The summed E-state index contributed by atoms with van der Waals surface area (Å²) in [4.78, 5) is 2.59. The maximum Gasteiger partial charge on any atom is 0.0465 e. The molecule has 118 valence electrons. The summed E-state index contributed by atoms with van der Waals surface area (Å²) in [5.74, 6) is 0.682. The minimum absolute atomic E-state index is 0.574. The van der Waals surface area contributed by atoms with Crippen molar-refractivity contribution < 1.29 is 0 Å². The van der Waals surface area contributed by atoms with Gasteiger partial charge in [0, 0.05) is 41.8 Å². The fraction of sp³-hybridized carbons (Fsp3) is 0.647. The monoisotopic (exact) mass is 328 g/mol. The highest BCUT2D eigenvalue weighted by Crippen LogP contribution is 2.26. The van der Waals surface area contributed by atoms with E-state index >= 15 is 0 Å². The quantitative estimate of drug-likeness (QED) is 0.850. The van der Waals surface area contributed by atoms with E-state index < -0.39 is 0 Å². The van der Waals surface area contributed by atoms with Gasteiger partial charge in [0.05, 0.1) is 0 Å². The Hall–Kier alpha value is -0.280. The predicted octanol–water partition coefficient (Wildman–Crippen LogP) is 4.59. The first-order valence-electron chi connectivity index (χ1n) is 7.96. The van der Waals surface area contributed by atoms with E-state index in [9.17, 15) is 0 Å². The topological polar surface area (TPSA) is 15.3 Å². The van der Waals surface area contributed by atoms with Crippen molar-refractivity contribution in [2.24, 2.45) is 5.92 Å². The summed E-state index contributed by atoms with van der Waals surface area (Å²) >= 11 is 12.4. The van der Waals surface area contributed by atoms with Crippen molar-refractivity contribution in [3.05, 3.63) is 33.8 Å². The van der Waals surface area contributed by atoms with E-state index in [0.29, 0.717) is 23.0 Å². The highest BCUT2D eigenvalue weighted by atomic mass is 35.5. The lowest BCUT2D eigenvalue weighted by molar-refractivity contribution is 0.0833. The van der Waals surface area contributed by atoms with Crippen molar-refractivity contribution in [1.29, 1.82) is 0 Å². The van der Waals surface area contributed by atoms with Crippen molar-refractivity contribution in [3.63, 3.8) is 0 Å². The van der Waals surface area contributed by atoms with E-state index in [0.717, 1.165) is 31.1 Å². The molecule has 0 spiro atoms. The van der Waals surface area contributed by atoms with Gasteiger partial charge < -0.3 is 5.32 Å². The summed E-state index contributed by atoms with van der Waals surface area (Å²) in [5, 5.41) is 5.16. The molecule has 3 unspecified atom stereocenters. The van der Waals surface area contributed by atoms with Crippen molar-refractivity contribution >= 4 is 23.2 Å². The number of halogens is 2. The average Bonchev–Trinajstić information content (AvgIpc) is 2.49. The molecule has 1 aromatic rings. The lowest BCUT2D eigenvalue weighted by Gasteiger charge is -2.43. The fourth-order valence-electron chi connectivity index (χ4n) is 3.06. The van der Waals surface area contributed by atoms with Crippen LogP contribution >= 0.6 is 23.2 Å². The van der Waals surface area contributed by atoms with Gasteiger partial charge in [-0.15, -0.1) is 0 Å². The van der Waals surface area contributed by atoms with Crippen LogP contribution in [0.25, 0.3) is 0 Å². The van der Waals surface area contributed by atoms with Gasteiger partial charge in [-0.2, -0.15) is 0 Å². The molecule has 0 amide bonds. The van der Waals surface area contributed by atoms with Crippen molar-refractivity contribution in [3.8, 4) is 0 Å². The number of piperazine rings is 1. The van der Waals surface area contributed by atoms with Gasteiger partial charge >= 0.3 is 0 Å². The highest BCUT2D eigenvalue weighted by Gasteiger charge is 2.30. The molecule has 1 saturated heterocycles. The first-order chi connectivity index (χ1) is 10.0. The van der Waals surface area contributed by atoms with E-state index in [4.69, 9.17) is 23.2 Å². The molecule has 0 aromatic heterocycles. The number of nitrogens with one attached hydrogen (secondary N) is 1. The normalized spacial score (nSPS) is 25.0. The van der Waals surface area contributed by atoms with Crippen LogP contribution in [-0.4, -0.2) is 30.1 Å². The summed E-state index contributed by atoms with van der Waals surface area (Å²) in [6, 6.07) is 6.99. The Labute approximate surface area is 138 Å². The molecule has 0 radical (unpaired) electrons. The predicted molar refractivity (Wildman–Crippen MR) is 92.2 cm³/mol. The van der Waals surface area contributed by atoms with Crippen LogP contribution in [0.2, 0.25) is 10.0 Å². The first kappa shape index (κ1) is 17.1. The highest BCUT2D eigenvalue weighted by molar-refractivity contribution is 6.35. The molecule has 3 atom stereocenters. The van der Waals surface area contributed by atoms with Gasteiger partial charge in [-0.05, 0) is 30.0 Å². The van der Waals surface area contributed by atoms with E-state index in [1.165, 1.54) is 12.0 Å². The van der Waals surface area contributed by atoms with Gasteiger partial charge in [0.2, 0.25) is 0 Å². The standard InChI is InChI=1S/C17H26Cl2N2/c1-4-12(3)17-9-20-15(5-2)11-21(17)10-13-6-7-14(18)8-16(13)19/h6-8,12,15,17,20H,4-5,9-11H2,1-3H3. The second-order valence-electron chi connectivity index (χ2n) is 6.13. The number of nitrogens with zero attached hydrogens (tertiary/aromatic N) is 1. The fourth-order valence-corrected chi connectivity index (χ4v) is 3.52. The van der Waals surface area contributed by atoms with Gasteiger partial charge in [-0.25, -0.2) is 0 Å². The Morgan fingerprint density at radius 1 is 1.33 bits per heavy atom. The van der Waals surface area contributed by atoms with E-state index in [1.807, 2.05) is 12.1 Å². The van der Waals surface area contributed by atoms with Gasteiger partial charge in [-0.1, -0.05) is 56.5 Å². The number of benzene rings is 1. The molecule has 4 heteroatoms. The molecule has 2 nitrogen and oxygen atoms in total. The third kappa shape index (κ3) is 4.35. The minimum atomic E-state index is 0.574. The SMILES string of the molecule is CCC1CN(Cc2ccc(Cl)cc2Cl)C(C(C)CC)CN1. The molecular formula is C17H26Cl2N2. The van der Waals surface area contributed by atoms with Gasteiger partial charge in [0.1, 0.15) is 0 Å². The van der Waals surface area contributed by atoms with Crippen LogP contribution in [0.4, 0.5) is 0 Å².